The van der Waals surface area contributed by atoms with Crippen molar-refractivity contribution in [3.05, 3.63) is 23.8 Å². The SMILES string of the molecule is CCCC1C2C=CC(C2)C1N1C(=O)C=C(C)C1=O. The third-order valence-corrected chi connectivity index (χ3v) is 4.63. The summed E-state index contributed by atoms with van der Waals surface area (Å²) in [6, 6.07) is 0.105. The first-order valence-electron chi connectivity index (χ1n) is 6.87. The van der Waals surface area contributed by atoms with Gasteiger partial charge in [0.15, 0.2) is 0 Å². The van der Waals surface area contributed by atoms with Crippen molar-refractivity contribution in [3.63, 3.8) is 0 Å². The summed E-state index contributed by atoms with van der Waals surface area (Å²) < 4.78 is 0. The number of nitrogens with zero attached hydrogens (tertiary/aromatic N) is 1. The molecule has 0 radical (unpaired) electrons. The lowest BCUT2D eigenvalue weighted by Gasteiger charge is -2.34. The van der Waals surface area contributed by atoms with Crippen molar-refractivity contribution in [2.45, 2.75) is 39.2 Å². The van der Waals surface area contributed by atoms with E-state index in [0.29, 0.717) is 23.3 Å². The first-order chi connectivity index (χ1) is 8.63. The van der Waals surface area contributed by atoms with Gasteiger partial charge in [0, 0.05) is 17.7 Å². The third kappa shape index (κ3) is 1.49. The lowest BCUT2D eigenvalue weighted by molar-refractivity contribution is -0.141. The van der Waals surface area contributed by atoms with E-state index in [4.69, 9.17) is 0 Å². The van der Waals surface area contributed by atoms with E-state index < -0.39 is 0 Å². The summed E-state index contributed by atoms with van der Waals surface area (Å²) in [6.45, 7) is 3.90. The average molecular weight is 245 g/mol. The van der Waals surface area contributed by atoms with E-state index in [9.17, 15) is 9.59 Å². The van der Waals surface area contributed by atoms with E-state index in [2.05, 4.69) is 19.1 Å². The zero-order valence-corrected chi connectivity index (χ0v) is 10.9. The van der Waals surface area contributed by atoms with E-state index in [1.54, 1.807) is 6.92 Å². The molecule has 4 atom stereocenters. The lowest BCUT2D eigenvalue weighted by Crippen LogP contribution is -2.47. The normalized spacial score (nSPS) is 37.9. The molecule has 3 nitrogen and oxygen atoms in total. The molecular weight excluding hydrogens is 226 g/mol. The summed E-state index contributed by atoms with van der Waals surface area (Å²) in [5, 5.41) is 0. The van der Waals surface area contributed by atoms with E-state index in [-0.39, 0.29) is 17.9 Å². The van der Waals surface area contributed by atoms with Crippen molar-refractivity contribution >= 4 is 11.8 Å². The molecule has 1 heterocycles. The molecule has 0 aromatic carbocycles. The second-order valence-electron chi connectivity index (χ2n) is 5.73. The van der Waals surface area contributed by atoms with Crippen molar-refractivity contribution in [2.24, 2.45) is 17.8 Å². The van der Waals surface area contributed by atoms with Crippen LogP contribution in [0.1, 0.15) is 33.1 Å². The fourth-order valence-electron chi connectivity index (χ4n) is 3.89. The molecule has 3 aliphatic rings. The molecule has 2 bridgehead atoms. The molecule has 2 aliphatic carbocycles. The number of imide groups is 1. The topological polar surface area (TPSA) is 37.4 Å². The molecule has 96 valence electrons. The van der Waals surface area contributed by atoms with E-state index >= 15 is 0 Å². The Kier molecular flexibility index (Phi) is 2.65. The molecule has 0 spiro atoms. The van der Waals surface area contributed by atoms with Crippen LogP contribution in [0.25, 0.3) is 0 Å². The van der Waals surface area contributed by atoms with Gasteiger partial charge < -0.3 is 0 Å². The molecule has 1 aliphatic heterocycles. The average Bonchev–Trinajstić information content (AvgIpc) is 2.97. The van der Waals surface area contributed by atoms with Crippen LogP contribution < -0.4 is 0 Å². The van der Waals surface area contributed by atoms with Crippen LogP contribution in [0.3, 0.4) is 0 Å². The molecule has 3 rings (SSSR count). The lowest BCUT2D eigenvalue weighted by atomic mass is 9.84. The minimum absolute atomic E-state index is 0.0768. The van der Waals surface area contributed by atoms with Gasteiger partial charge in [-0.15, -0.1) is 0 Å². The van der Waals surface area contributed by atoms with Gasteiger partial charge in [-0.3, -0.25) is 14.5 Å². The van der Waals surface area contributed by atoms with E-state index in [0.717, 1.165) is 19.3 Å². The van der Waals surface area contributed by atoms with Gasteiger partial charge in [-0.05, 0) is 37.5 Å². The standard InChI is InChI=1S/C15H19NO2/c1-3-4-12-10-5-6-11(8-10)14(12)16-13(17)7-9(2)15(16)18/h5-7,10-12,14H,3-4,8H2,1-2H3. The van der Waals surface area contributed by atoms with Crippen molar-refractivity contribution in [3.8, 4) is 0 Å². The van der Waals surface area contributed by atoms with Gasteiger partial charge in [0.1, 0.15) is 0 Å². The fraction of sp³-hybridized carbons (Fsp3) is 0.600. The van der Waals surface area contributed by atoms with Gasteiger partial charge >= 0.3 is 0 Å². The maximum Gasteiger partial charge on any atom is 0.256 e. The van der Waals surface area contributed by atoms with Crippen molar-refractivity contribution < 1.29 is 9.59 Å². The summed E-state index contributed by atoms with van der Waals surface area (Å²) in [7, 11) is 0. The molecule has 0 aromatic heterocycles. The largest absolute Gasteiger partial charge is 0.271 e. The van der Waals surface area contributed by atoms with Crippen LogP contribution in [0, 0.1) is 17.8 Å². The summed E-state index contributed by atoms with van der Waals surface area (Å²) >= 11 is 0. The molecule has 0 saturated heterocycles. The van der Waals surface area contributed by atoms with Crippen LogP contribution in [0.15, 0.2) is 23.8 Å². The van der Waals surface area contributed by atoms with Crippen LogP contribution in [0.4, 0.5) is 0 Å². The number of rotatable bonds is 3. The van der Waals surface area contributed by atoms with Crippen LogP contribution in [0.5, 0.6) is 0 Å². The van der Waals surface area contributed by atoms with Crippen LogP contribution in [0.2, 0.25) is 0 Å². The van der Waals surface area contributed by atoms with Gasteiger partial charge in [-0.1, -0.05) is 25.5 Å². The number of hydrogen-bond donors (Lipinski definition) is 0. The summed E-state index contributed by atoms with van der Waals surface area (Å²) in [5.41, 5.74) is 0.585. The fourth-order valence-corrected chi connectivity index (χ4v) is 3.89. The minimum Gasteiger partial charge on any atom is -0.271 e. The van der Waals surface area contributed by atoms with Gasteiger partial charge in [-0.25, -0.2) is 0 Å². The second-order valence-corrected chi connectivity index (χ2v) is 5.73. The Labute approximate surface area is 108 Å². The summed E-state index contributed by atoms with van der Waals surface area (Å²) in [4.78, 5) is 25.7. The highest BCUT2D eigenvalue weighted by molar-refractivity contribution is 6.16. The maximum absolute atomic E-state index is 12.1. The Morgan fingerprint density at radius 1 is 1.28 bits per heavy atom. The zero-order valence-electron chi connectivity index (χ0n) is 10.9. The third-order valence-electron chi connectivity index (χ3n) is 4.63. The monoisotopic (exact) mass is 245 g/mol. The molecule has 0 N–H and O–H groups in total. The number of carbonyl (C=O) groups is 2. The van der Waals surface area contributed by atoms with Crippen LogP contribution >= 0.6 is 0 Å². The van der Waals surface area contributed by atoms with Crippen molar-refractivity contribution in [1.29, 1.82) is 0 Å². The number of fused-ring (bicyclic) bond motifs is 2. The molecule has 3 heteroatoms. The smallest absolute Gasteiger partial charge is 0.256 e. The zero-order chi connectivity index (χ0) is 12.9. The highest BCUT2D eigenvalue weighted by Gasteiger charge is 2.50. The van der Waals surface area contributed by atoms with E-state index in [1.165, 1.54) is 11.0 Å². The Balaban J connectivity index is 1.90. The quantitative estimate of drug-likeness (QED) is 0.565. The van der Waals surface area contributed by atoms with Crippen molar-refractivity contribution in [1.82, 2.24) is 4.90 Å². The Hall–Kier alpha value is -1.38. The van der Waals surface area contributed by atoms with Crippen LogP contribution in [-0.4, -0.2) is 22.8 Å². The van der Waals surface area contributed by atoms with Gasteiger partial charge in [-0.2, -0.15) is 0 Å². The molecule has 1 fully saturated rings. The van der Waals surface area contributed by atoms with Crippen LogP contribution in [-0.2, 0) is 9.59 Å². The molecule has 4 unspecified atom stereocenters. The number of amides is 2. The van der Waals surface area contributed by atoms with Gasteiger partial charge in [0.2, 0.25) is 0 Å². The van der Waals surface area contributed by atoms with E-state index in [1.807, 2.05) is 0 Å². The maximum atomic E-state index is 12.1. The van der Waals surface area contributed by atoms with Gasteiger partial charge in [0.25, 0.3) is 11.8 Å². The Bertz CT molecular complexity index is 463. The van der Waals surface area contributed by atoms with Gasteiger partial charge in [0.05, 0.1) is 0 Å². The molecule has 0 aromatic rings. The molecule has 1 saturated carbocycles. The minimum atomic E-state index is -0.107. The first kappa shape index (κ1) is 11.7. The highest BCUT2D eigenvalue weighted by Crippen LogP contribution is 2.48. The summed E-state index contributed by atoms with van der Waals surface area (Å²) in [6.07, 6.45) is 9.31. The number of hydrogen-bond acceptors (Lipinski definition) is 2. The number of allylic oxidation sites excluding steroid dienone is 1. The Morgan fingerprint density at radius 3 is 2.61 bits per heavy atom. The predicted octanol–water partition coefficient (Wildman–Crippen LogP) is 2.29. The summed E-state index contributed by atoms with van der Waals surface area (Å²) in [5.74, 6) is 1.24. The molecule has 2 amide bonds. The Morgan fingerprint density at radius 2 is 2.00 bits per heavy atom. The second kappa shape index (κ2) is 4.08. The van der Waals surface area contributed by atoms with Crippen molar-refractivity contribution in [2.75, 3.05) is 0 Å². The predicted molar refractivity (Wildman–Crippen MR) is 68.5 cm³/mol. The highest BCUT2D eigenvalue weighted by atomic mass is 16.2. The first-order valence-corrected chi connectivity index (χ1v) is 6.87. The number of carbonyl (C=O) groups excluding carboxylic acids is 2. The molecular formula is C15H19NO2. The molecule has 18 heavy (non-hydrogen) atoms.